The molecule has 0 unspecified atom stereocenters. The maximum absolute atomic E-state index is 11.3. The zero-order valence-corrected chi connectivity index (χ0v) is 12.0. The van der Waals surface area contributed by atoms with E-state index in [1.165, 1.54) is 0 Å². The molecule has 110 valence electrons. The van der Waals surface area contributed by atoms with Crippen LogP contribution in [0.15, 0.2) is 12.7 Å². The van der Waals surface area contributed by atoms with Gasteiger partial charge >= 0.3 is 11.9 Å². The minimum atomic E-state index is -0.341. The highest BCUT2D eigenvalue weighted by Crippen LogP contribution is 2.02. The number of hydrogen-bond donors (Lipinski definition) is 0. The summed E-state index contributed by atoms with van der Waals surface area (Å²) in [5.41, 5.74) is 0. The third kappa shape index (κ3) is 12.9. The molecule has 0 aliphatic carbocycles. The topological polar surface area (TPSA) is 52.6 Å². The predicted octanol–water partition coefficient (Wildman–Crippen LogP) is 3.40. The van der Waals surface area contributed by atoms with E-state index in [-0.39, 0.29) is 24.8 Å². The summed E-state index contributed by atoms with van der Waals surface area (Å²) >= 11 is 0. The number of esters is 2. The molecule has 0 saturated heterocycles. The SMILES string of the molecule is C=CCCCOC(=O)CCC(=O)OCCCCCC. The maximum atomic E-state index is 11.3. The number of unbranched alkanes of at least 4 members (excludes halogenated alkanes) is 4. The van der Waals surface area contributed by atoms with Gasteiger partial charge in [-0.2, -0.15) is 0 Å². The van der Waals surface area contributed by atoms with Crippen LogP contribution in [0.4, 0.5) is 0 Å². The van der Waals surface area contributed by atoms with E-state index in [9.17, 15) is 9.59 Å². The van der Waals surface area contributed by atoms with Gasteiger partial charge in [-0.3, -0.25) is 9.59 Å². The van der Waals surface area contributed by atoms with Gasteiger partial charge in [0.2, 0.25) is 0 Å². The summed E-state index contributed by atoms with van der Waals surface area (Å²) in [6.45, 7) is 6.55. The molecule has 4 nitrogen and oxygen atoms in total. The van der Waals surface area contributed by atoms with Gasteiger partial charge in [0, 0.05) is 0 Å². The van der Waals surface area contributed by atoms with E-state index in [1.807, 2.05) is 0 Å². The van der Waals surface area contributed by atoms with Gasteiger partial charge in [0.05, 0.1) is 26.1 Å². The molecular weight excluding hydrogens is 244 g/mol. The van der Waals surface area contributed by atoms with Crippen molar-refractivity contribution in [2.75, 3.05) is 13.2 Å². The molecule has 0 rings (SSSR count). The van der Waals surface area contributed by atoms with Gasteiger partial charge in [0.25, 0.3) is 0 Å². The fourth-order valence-corrected chi connectivity index (χ4v) is 1.48. The lowest BCUT2D eigenvalue weighted by Gasteiger charge is -2.05. The van der Waals surface area contributed by atoms with Crippen LogP contribution in [0.1, 0.15) is 58.3 Å². The van der Waals surface area contributed by atoms with Crippen molar-refractivity contribution in [1.29, 1.82) is 0 Å². The quantitative estimate of drug-likeness (QED) is 0.310. The highest BCUT2D eigenvalue weighted by atomic mass is 16.5. The molecular formula is C15H26O4. The lowest BCUT2D eigenvalue weighted by molar-refractivity contribution is -0.150. The van der Waals surface area contributed by atoms with Crippen molar-refractivity contribution < 1.29 is 19.1 Å². The molecule has 4 heteroatoms. The summed E-state index contributed by atoms with van der Waals surface area (Å²) in [5.74, 6) is -0.661. The van der Waals surface area contributed by atoms with Crippen LogP contribution in [-0.4, -0.2) is 25.2 Å². The van der Waals surface area contributed by atoms with Gasteiger partial charge in [-0.05, 0) is 19.3 Å². The zero-order valence-electron chi connectivity index (χ0n) is 12.0. The number of hydrogen-bond acceptors (Lipinski definition) is 4. The highest BCUT2D eigenvalue weighted by molar-refractivity contribution is 5.77. The van der Waals surface area contributed by atoms with Gasteiger partial charge in [0.1, 0.15) is 0 Å². The lowest BCUT2D eigenvalue weighted by atomic mass is 10.2. The third-order valence-corrected chi connectivity index (χ3v) is 2.61. The number of rotatable bonds is 12. The molecule has 0 bridgehead atoms. The first-order valence-corrected chi connectivity index (χ1v) is 7.12. The molecule has 0 aromatic rings. The summed E-state index contributed by atoms with van der Waals surface area (Å²) in [6.07, 6.45) is 7.88. The second-order valence-corrected chi connectivity index (χ2v) is 4.43. The van der Waals surface area contributed by atoms with Crippen LogP contribution in [0.5, 0.6) is 0 Å². The van der Waals surface area contributed by atoms with Crippen molar-refractivity contribution in [2.45, 2.75) is 58.3 Å². The Morgan fingerprint density at radius 2 is 1.53 bits per heavy atom. The summed E-state index contributed by atoms with van der Waals surface area (Å²) in [6, 6.07) is 0. The van der Waals surface area contributed by atoms with E-state index in [0.717, 1.165) is 38.5 Å². The predicted molar refractivity (Wildman–Crippen MR) is 74.7 cm³/mol. The standard InChI is InChI=1S/C15H26O4/c1-3-5-7-9-13-19-15(17)11-10-14(16)18-12-8-6-4-2/h4H,2-3,5-13H2,1H3. The largest absolute Gasteiger partial charge is 0.466 e. The van der Waals surface area contributed by atoms with E-state index in [0.29, 0.717) is 13.2 Å². The first-order chi connectivity index (χ1) is 9.20. The minimum absolute atomic E-state index is 0.0991. The van der Waals surface area contributed by atoms with Gasteiger partial charge in [0.15, 0.2) is 0 Å². The Bertz CT molecular complexity index is 261. The molecule has 0 aromatic heterocycles. The van der Waals surface area contributed by atoms with Crippen LogP contribution in [0.25, 0.3) is 0 Å². The average Bonchev–Trinajstić information content (AvgIpc) is 2.41. The molecule has 0 saturated carbocycles. The van der Waals surface area contributed by atoms with Crippen molar-refractivity contribution in [3.05, 3.63) is 12.7 Å². The van der Waals surface area contributed by atoms with E-state index in [4.69, 9.17) is 9.47 Å². The minimum Gasteiger partial charge on any atom is -0.466 e. The molecule has 0 aliphatic rings. The van der Waals surface area contributed by atoms with E-state index >= 15 is 0 Å². The van der Waals surface area contributed by atoms with Crippen LogP contribution in [0.2, 0.25) is 0 Å². The fourth-order valence-electron chi connectivity index (χ4n) is 1.48. The van der Waals surface area contributed by atoms with Crippen molar-refractivity contribution in [3.63, 3.8) is 0 Å². The second-order valence-electron chi connectivity index (χ2n) is 4.43. The molecule has 0 radical (unpaired) electrons. The van der Waals surface area contributed by atoms with Crippen molar-refractivity contribution in [1.82, 2.24) is 0 Å². The van der Waals surface area contributed by atoms with Gasteiger partial charge < -0.3 is 9.47 Å². The highest BCUT2D eigenvalue weighted by Gasteiger charge is 2.08. The first-order valence-electron chi connectivity index (χ1n) is 7.12. The average molecular weight is 270 g/mol. The van der Waals surface area contributed by atoms with Gasteiger partial charge in [-0.15, -0.1) is 6.58 Å². The summed E-state index contributed by atoms with van der Waals surface area (Å²) < 4.78 is 9.98. The molecule has 0 aromatic carbocycles. The van der Waals surface area contributed by atoms with Crippen LogP contribution < -0.4 is 0 Å². The third-order valence-electron chi connectivity index (χ3n) is 2.61. The molecule has 0 spiro atoms. The Morgan fingerprint density at radius 1 is 0.947 bits per heavy atom. The zero-order chi connectivity index (χ0) is 14.3. The van der Waals surface area contributed by atoms with E-state index < -0.39 is 0 Å². The van der Waals surface area contributed by atoms with E-state index in [1.54, 1.807) is 6.08 Å². The van der Waals surface area contributed by atoms with Crippen LogP contribution >= 0.6 is 0 Å². The van der Waals surface area contributed by atoms with Crippen molar-refractivity contribution in [2.24, 2.45) is 0 Å². The number of carbonyl (C=O) groups is 2. The van der Waals surface area contributed by atoms with Gasteiger partial charge in [-0.25, -0.2) is 0 Å². The molecule has 0 N–H and O–H groups in total. The molecule has 0 amide bonds. The Hall–Kier alpha value is -1.32. The smallest absolute Gasteiger partial charge is 0.306 e. The van der Waals surface area contributed by atoms with Crippen molar-refractivity contribution >= 4 is 11.9 Å². The van der Waals surface area contributed by atoms with Crippen LogP contribution in [-0.2, 0) is 19.1 Å². The molecule has 0 aliphatic heterocycles. The summed E-state index contributed by atoms with van der Waals surface area (Å²) in [4.78, 5) is 22.6. The number of carbonyl (C=O) groups excluding carboxylic acids is 2. The molecule has 19 heavy (non-hydrogen) atoms. The van der Waals surface area contributed by atoms with Crippen LogP contribution in [0, 0.1) is 0 Å². The Morgan fingerprint density at radius 3 is 2.05 bits per heavy atom. The molecule has 0 heterocycles. The first kappa shape index (κ1) is 17.7. The monoisotopic (exact) mass is 270 g/mol. The summed E-state index contributed by atoms with van der Waals surface area (Å²) in [7, 11) is 0. The fraction of sp³-hybridized carbons (Fsp3) is 0.733. The number of ether oxygens (including phenoxy) is 2. The number of allylic oxidation sites excluding steroid dienone is 1. The van der Waals surface area contributed by atoms with E-state index in [2.05, 4.69) is 13.5 Å². The Balaban J connectivity index is 3.40. The Kier molecular flexibility index (Phi) is 12.2. The summed E-state index contributed by atoms with van der Waals surface area (Å²) in [5, 5.41) is 0. The second kappa shape index (κ2) is 13.1. The normalized spacial score (nSPS) is 9.95. The van der Waals surface area contributed by atoms with Crippen molar-refractivity contribution in [3.8, 4) is 0 Å². The molecule has 0 atom stereocenters. The maximum Gasteiger partial charge on any atom is 0.306 e. The van der Waals surface area contributed by atoms with Gasteiger partial charge in [-0.1, -0.05) is 32.3 Å². The Labute approximate surface area is 116 Å². The molecule has 0 fully saturated rings. The lowest BCUT2D eigenvalue weighted by Crippen LogP contribution is -2.11. The van der Waals surface area contributed by atoms with Crippen LogP contribution in [0.3, 0.4) is 0 Å².